The van der Waals surface area contributed by atoms with Gasteiger partial charge in [0.1, 0.15) is 5.75 Å². The molecule has 0 saturated carbocycles. The van der Waals surface area contributed by atoms with Gasteiger partial charge in [0.25, 0.3) is 0 Å². The highest BCUT2D eigenvalue weighted by Gasteiger charge is 2.30. The van der Waals surface area contributed by atoms with Gasteiger partial charge in [0.2, 0.25) is 0 Å². The number of carbonyl (C=O) groups excluding carboxylic acids is 1. The van der Waals surface area contributed by atoms with Crippen molar-refractivity contribution in [2.24, 2.45) is 0 Å². The summed E-state index contributed by atoms with van der Waals surface area (Å²) in [6, 6.07) is 7.86. The number of methoxy groups -OCH3 is 2. The lowest BCUT2D eigenvalue weighted by molar-refractivity contribution is 0.0992. The van der Waals surface area contributed by atoms with Gasteiger partial charge in [0.15, 0.2) is 11.6 Å². The molecular formula is C18H22BrN3O3. The van der Waals surface area contributed by atoms with E-state index in [-0.39, 0.29) is 10.6 Å². The molecule has 1 atom stereocenters. The van der Waals surface area contributed by atoms with E-state index in [2.05, 4.69) is 25.9 Å². The summed E-state index contributed by atoms with van der Waals surface area (Å²) in [5.41, 5.74) is 1.77. The molecule has 2 heterocycles. The number of Topliss-reactive ketones (excluding diaryl/α,β-unsaturated/α-hetero) is 1. The van der Waals surface area contributed by atoms with E-state index in [0.717, 1.165) is 36.6 Å². The number of rotatable bonds is 6. The first-order chi connectivity index (χ1) is 12.1. The number of anilines is 1. The fourth-order valence-electron chi connectivity index (χ4n) is 2.91. The van der Waals surface area contributed by atoms with Crippen molar-refractivity contribution < 1.29 is 14.3 Å². The summed E-state index contributed by atoms with van der Waals surface area (Å²) in [6.45, 7) is 2.70. The molecule has 2 aromatic rings. The molecule has 0 N–H and O–H groups in total. The number of fused-ring (bicyclic) bond motifs is 1. The van der Waals surface area contributed by atoms with Crippen LogP contribution in [0.4, 0.5) is 5.82 Å². The molecule has 0 unspecified atom stereocenters. The average molecular weight is 408 g/mol. The summed E-state index contributed by atoms with van der Waals surface area (Å²) in [6.07, 6.45) is 2.61. The number of hydrogen-bond acceptors (Lipinski definition) is 5. The third kappa shape index (κ3) is 4.04. The zero-order chi connectivity index (χ0) is 17.8. The second-order valence-corrected chi connectivity index (χ2v) is 7.12. The summed E-state index contributed by atoms with van der Waals surface area (Å²) in [5, 5.41) is 4.68. The molecule has 6 nitrogen and oxygen atoms in total. The van der Waals surface area contributed by atoms with Crippen LogP contribution in [0.3, 0.4) is 0 Å². The minimum atomic E-state index is -0.169. The topological polar surface area (TPSA) is 56.6 Å². The average Bonchev–Trinajstić information content (AvgIpc) is 3.00. The van der Waals surface area contributed by atoms with Gasteiger partial charge >= 0.3 is 0 Å². The zero-order valence-corrected chi connectivity index (χ0v) is 16.0. The van der Waals surface area contributed by atoms with Crippen molar-refractivity contribution in [1.29, 1.82) is 0 Å². The number of ether oxygens (including phenoxy) is 2. The Bertz CT molecular complexity index is 730. The van der Waals surface area contributed by atoms with E-state index >= 15 is 0 Å². The van der Waals surface area contributed by atoms with E-state index in [9.17, 15) is 4.79 Å². The fourth-order valence-corrected chi connectivity index (χ4v) is 3.36. The Kier molecular flexibility index (Phi) is 5.75. The highest BCUT2D eigenvalue weighted by atomic mass is 79.9. The minimum absolute atomic E-state index is 0.0934. The van der Waals surface area contributed by atoms with Crippen LogP contribution in [0, 0.1) is 0 Å². The number of aromatic nitrogens is 2. The van der Waals surface area contributed by atoms with Gasteiger partial charge < -0.3 is 14.4 Å². The van der Waals surface area contributed by atoms with E-state index in [1.54, 1.807) is 14.2 Å². The Morgan fingerprint density at radius 3 is 2.72 bits per heavy atom. The molecule has 3 rings (SSSR count). The van der Waals surface area contributed by atoms with Crippen molar-refractivity contribution in [1.82, 2.24) is 9.78 Å². The first-order valence-electron chi connectivity index (χ1n) is 8.25. The second kappa shape index (κ2) is 8.01. The van der Waals surface area contributed by atoms with Crippen LogP contribution >= 0.6 is 15.9 Å². The number of nitrogens with zero attached hydrogens (tertiary/aromatic N) is 3. The summed E-state index contributed by atoms with van der Waals surface area (Å²) in [4.78, 5) is 14.6. The van der Waals surface area contributed by atoms with Crippen LogP contribution in [0.15, 0.2) is 30.5 Å². The summed E-state index contributed by atoms with van der Waals surface area (Å²) in [5.74, 6) is 1.66. The van der Waals surface area contributed by atoms with Crippen molar-refractivity contribution in [3.63, 3.8) is 0 Å². The van der Waals surface area contributed by atoms with Gasteiger partial charge in [-0.15, -0.1) is 0 Å². The number of carbonyl (C=O) groups is 1. The summed E-state index contributed by atoms with van der Waals surface area (Å²) >= 11 is 3.50. The summed E-state index contributed by atoms with van der Waals surface area (Å²) in [7, 11) is 3.33. The van der Waals surface area contributed by atoms with Crippen LogP contribution in [0.5, 0.6) is 5.75 Å². The van der Waals surface area contributed by atoms with Crippen LogP contribution < -0.4 is 9.64 Å². The number of halogens is 1. The van der Waals surface area contributed by atoms with E-state index < -0.39 is 0 Å². The number of alkyl halides is 1. The normalized spacial score (nSPS) is 17.3. The largest absolute Gasteiger partial charge is 0.497 e. The predicted octanol–water partition coefficient (Wildman–Crippen LogP) is 2.74. The molecule has 1 aromatic carbocycles. The lowest BCUT2D eigenvalue weighted by Crippen LogP contribution is -2.29. The number of hydrogen-bond donors (Lipinski definition) is 0. The van der Waals surface area contributed by atoms with Crippen LogP contribution in [0.1, 0.15) is 22.3 Å². The first kappa shape index (κ1) is 17.9. The molecule has 7 heteroatoms. The van der Waals surface area contributed by atoms with E-state index in [1.807, 2.05) is 35.1 Å². The van der Waals surface area contributed by atoms with E-state index in [0.29, 0.717) is 18.7 Å². The van der Waals surface area contributed by atoms with Crippen molar-refractivity contribution in [3.05, 3.63) is 41.6 Å². The number of benzene rings is 1. The van der Waals surface area contributed by atoms with Gasteiger partial charge in [0.05, 0.1) is 30.7 Å². The Labute approximate surface area is 155 Å². The fraction of sp³-hybridized carbons (Fsp3) is 0.444. The van der Waals surface area contributed by atoms with Crippen LogP contribution in [0.25, 0.3) is 0 Å². The van der Waals surface area contributed by atoms with Crippen LogP contribution in [0.2, 0.25) is 0 Å². The molecule has 1 aliphatic rings. The van der Waals surface area contributed by atoms with Crippen molar-refractivity contribution in [2.45, 2.75) is 17.8 Å². The Hall–Kier alpha value is -1.86. The van der Waals surface area contributed by atoms with Gasteiger partial charge in [-0.2, -0.15) is 5.10 Å². The molecule has 25 heavy (non-hydrogen) atoms. The lowest BCUT2D eigenvalue weighted by Gasteiger charge is -2.20. The van der Waals surface area contributed by atoms with E-state index in [1.165, 1.54) is 0 Å². The first-order valence-corrected chi connectivity index (χ1v) is 9.16. The van der Waals surface area contributed by atoms with Crippen LogP contribution in [-0.4, -0.2) is 54.3 Å². The monoisotopic (exact) mass is 407 g/mol. The number of ketones is 1. The maximum atomic E-state index is 12.6. The molecule has 1 aromatic heterocycles. The molecule has 0 fully saturated rings. The summed E-state index contributed by atoms with van der Waals surface area (Å²) < 4.78 is 12.2. The van der Waals surface area contributed by atoms with E-state index in [4.69, 9.17) is 9.47 Å². The van der Waals surface area contributed by atoms with Gasteiger partial charge in [-0.25, -0.2) is 0 Å². The molecular weight excluding hydrogens is 386 g/mol. The highest BCUT2D eigenvalue weighted by Crippen LogP contribution is 2.28. The molecule has 0 radical (unpaired) electrons. The Morgan fingerprint density at radius 2 is 2.04 bits per heavy atom. The molecule has 0 aliphatic carbocycles. The maximum Gasteiger partial charge on any atom is 0.181 e. The maximum absolute atomic E-state index is 12.6. The third-order valence-electron chi connectivity index (χ3n) is 4.31. The van der Waals surface area contributed by atoms with Gasteiger partial charge in [-0.1, -0.05) is 28.1 Å². The quantitative estimate of drug-likeness (QED) is 0.689. The third-order valence-corrected chi connectivity index (χ3v) is 5.19. The minimum Gasteiger partial charge on any atom is -0.497 e. The molecule has 134 valence electrons. The van der Waals surface area contributed by atoms with Gasteiger partial charge in [-0.05, 0) is 24.1 Å². The van der Waals surface area contributed by atoms with Gasteiger partial charge in [0, 0.05) is 26.4 Å². The smallest absolute Gasteiger partial charge is 0.181 e. The Balaban J connectivity index is 1.86. The van der Waals surface area contributed by atoms with Crippen molar-refractivity contribution in [3.8, 4) is 5.75 Å². The van der Waals surface area contributed by atoms with Gasteiger partial charge in [-0.3, -0.25) is 9.48 Å². The van der Waals surface area contributed by atoms with Crippen molar-refractivity contribution in [2.75, 3.05) is 38.8 Å². The predicted molar refractivity (Wildman–Crippen MR) is 100 cm³/mol. The molecule has 0 amide bonds. The zero-order valence-electron chi connectivity index (χ0n) is 14.4. The second-order valence-electron chi connectivity index (χ2n) is 6.01. The van der Waals surface area contributed by atoms with Crippen LogP contribution in [-0.2, 0) is 11.3 Å². The SMILES string of the molecule is COCCN1CC[C@@H](Br)C(=O)c2cn(Cc3ccc(OC)cc3)nc21. The lowest BCUT2D eigenvalue weighted by atomic mass is 10.1. The highest BCUT2D eigenvalue weighted by molar-refractivity contribution is 9.10. The molecule has 0 bridgehead atoms. The molecule has 0 saturated heterocycles. The van der Waals surface area contributed by atoms with Crippen molar-refractivity contribution >= 4 is 27.5 Å². The molecule has 1 aliphatic heterocycles. The molecule has 0 spiro atoms. The standard InChI is InChI=1S/C18H22BrN3O3/c1-24-10-9-21-8-7-16(19)17(23)15-12-22(20-18(15)21)11-13-3-5-14(25-2)6-4-13/h3-6,12,16H,7-11H2,1-2H3/t16-/m1/s1. The Morgan fingerprint density at radius 1 is 1.28 bits per heavy atom.